The monoisotopic (exact) mass is 239 g/mol. The fraction of sp³-hybridized carbons (Fsp3) is 1.00. The van der Waals surface area contributed by atoms with Crippen molar-refractivity contribution in [2.75, 3.05) is 13.2 Å². The number of hydrogen-bond donors (Lipinski definition) is 1. The highest BCUT2D eigenvalue weighted by atomic mass is 16.5. The molecule has 2 heteroatoms. The van der Waals surface area contributed by atoms with Crippen molar-refractivity contribution in [3.05, 3.63) is 0 Å². The van der Waals surface area contributed by atoms with Crippen molar-refractivity contribution in [3.8, 4) is 0 Å². The first kappa shape index (κ1) is 13.4. The predicted molar refractivity (Wildman–Crippen MR) is 72.1 cm³/mol. The Kier molecular flexibility index (Phi) is 4.87. The summed E-state index contributed by atoms with van der Waals surface area (Å²) in [6.45, 7) is 9.13. The Morgan fingerprint density at radius 2 is 1.76 bits per heavy atom. The van der Waals surface area contributed by atoms with Crippen LogP contribution in [0.3, 0.4) is 0 Å². The van der Waals surface area contributed by atoms with Crippen LogP contribution in [-0.4, -0.2) is 25.3 Å². The zero-order chi connectivity index (χ0) is 12.3. The molecule has 100 valence electrons. The molecule has 1 aliphatic heterocycles. The van der Waals surface area contributed by atoms with Crippen molar-refractivity contribution in [3.63, 3.8) is 0 Å². The van der Waals surface area contributed by atoms with Gasteiger partial charge >= 0.3 is 0 Å². The summed E-state index contributed by atoms with van der Waals surface area (Å²) < 4.78 is 5.45. The third-order valence-electron chi connectivity index (χ3n) is 4.88. The van der Waals surface area contributed by atoms with Gasteiger partial charge in [-0.15, -0.1) is 0 Å². The lowest BCUT2D eigenvalue weighted by molar-refractivity contribution is 0.0514. The molecule has 0 aromatic heterocycles. The average Bonchev–Trinajstić information content (AvgIpc) is 2.34. The number of rotatable bonds is 3. The maximum Gasteiger partial charge on any atom is 0.0469 e. The van der Waals surface area contributed by atoms with Gasteiger partial charge in [0, 0.05) is 25.3 Å². The molecule has 1 N–H and O–H groups in total. The molecule has 2 rings (SSSR count). The van der Waals surface area contributed by atoms with Gasteiger partial charge in [0.1, 0.15) is 0 Å². The quantitative estimate of drug-likeness (QED) is 0.816. The fourth-order valence-electron chi connectivity index (χ4n) is 3.60. The van der Waals surface area contributed by atoms with E-state index in [-0.39, 0.29) is 0 Å². The molecule has 0 spiro atoms. The van der Waals surface area contributed by atoms with E-state index in [0.717, 1.165) is 37.0 Å². The van der Waals surface area contributed by atoms with Crippen molar-refractivity contribution in [2.24, 2.45) is 17.8 Å². The lowest BCUT2D eigenvalue weighted by atomic mass is 9.79. The lowest BCUT2D eigenvalue weighted by Crippen LogP contribution is -2.47. The third-order valence-corrected chi connectivity index (χ3v) is 4.88. The highest BCUT2D eigenvalue weighted by Gasteiger charge is 2.28. The van der Waals surface area contributed by atoms with Crippen molar-refractivity contribution < 1.29 is 4.74 Å². The summed E-state index contributed by atoms with van der Waals surface area (Å²) in [5, 5.41) is 3.90. The van der Waals surface area contributed by atoms with Crippen LogP contribution in [0.2, 0.25) is 0 Å². The molecule has 2 aliphatic rings. The first-order valence-electron chi connectivity index (χ1n) is 7.50. The molecule has 0 amide bonds. The van der Waals surface area contributed by atoms with Crippen LogP contribution in [0.1, 0.15) is 52.9 Å². The first-order valence-corrected chi connectivity index (χ1v) is 7.50. The number of nitrogens with one attached hydrogen (secondary N) is 1. The Morgan fingerprint density at radius 1 is 1.06 bits per heavy atom. The molecular formula is C15H29NO. The van der Waals surface area contributed by atoms with Crippen LogP contribution < -0.4 is 5.32 Å². The largest absolute Gasteiger partial charge is 0.381 e. The Hall–Kier alpha value is -0.0800. The summed E-state index contributed by atoms with van der Waals surface area (Å²) in [4.78, 5) is 0. The number of ether oxygens (including phenoxy) is 1. The summed E-state index contributed by atoms with van der Waals surface area (Å²) in [7, 11) is 0. The molecule has 17 heavy (non-hydrogen) atoms. The van der Waals surface area contributed by atoms with E-state index in [4.69, 9.17) is 4.74 Å². The first-order chi connectivity index (χ1) is 8.16. The molecule has 1 saturated heterocycles. The molecule has 2 nitrogen and oxygen atoms in total. The molecule has 0 aromatic carbocycles. The van der Waals surface area contributed by atoms with Gasteiger partial charge in [-0.25, -0.2) is 0 Å². The standard InChI is InChI=1S/C15H29NO/c1-11-4-5-15(12(2)10-11)16-13(3)14-6-8-17-9-7-14/h11-16H,4-10H2,1-3H3. The highest BCUT2D eigenvalue weighted by Crippen LogP contribution is 2.30. The predicted octanol–water partition coefficient (Wildman–Crippen LogP) is 3.22. The Balaban J connectivity index is 1.79. The number of hydrogen-bond acceptors (Lipinski definition) is 2. The van der Waals surface area contributed by atoms with Gasteiger partial charge in [0.15, 0.2) is 0 Å². The second kappa shape index (κ2) is 6.19. The topological polar surface area (TPSA) is 21.3 Å². The fourth-order valence-corrected chi connectivity index (χ4v) is 3.60. The van der Waals surface area contributed by atoms with Crippen molar-refractivity contribution in [1.29, 1.82) is 0 Å². The lowest BCUT2D eigenvalue weighted by Gasteiger charge is -2.38. The van der Waals surface area contributed by atoms with Crippen LogP contribution >= 0.6 is 0 Å². The van der Waals surface area contributed by atoms with Crippen LogP contribution in [0.15, 0.2) is 0 Å². The van der Waals surface area contributed by atoms with E-state index < -0.39 is 0 Å². The van der Waals surface area contributed by atoms with Crippen LogP contribution in [-0.2, 0) is 4.74 Å². The van der Waals surface area contributed by atoms with E-state index in [2.05, 4.69) is 26.1 Å². The second-order valence-corrected chi connectivity index (χ2v) is 6.41. The van der Waals surface area contributed by atoms with E-state index in [1.807, 2.05) is 0 Å². The third kappa shape index (κ3) is 3.69. The Labute approximate surface area is 107 Å². The van der Waals surface area contributed by atoms with E-state index >= 15 is 0 Å². The SMILES string of the molecule is CC1CCC(NC(C)C2CCOCC2)C(C)C1. The molecule has 4 unspecified atom stereocenters. The van der Waals surface area contributed by atoms with Gasteiger partial charge < -0.3 is 10.1 Å². The molecule has 0 bridgehead atoms. The smallest absolute Gasteiger partial charge is 0.0469 e. The maximum atomic E-state index is 5.45. The normalized spacial score (nSPS) is 37.9. The Morgan fingerprint density at radius 3 is 2.41 bits per heavy atom. The zero-order valence-electron chi connectivity index (χ0n) is 11.7. The minimum absolute atomic E-state index is 0.666. The summed E-state index contributed by atoms with van der Waals surface area (Å²) in [6.07, 6.45) is 6.66. The van der Waals surface area contributed by atoms with Gasteiger partial charge in [0.05, 0.1) is 0 Å². The average molecular weight is 239 g/mol. The van der Waals surface area contributed by atoms with Gasteiger partial charge in [-0.05, 0) is 56.8 Å². The molecule has 0 radical (unpaired) electrons. The minimum atomic E-state index is 0.666. The van der Waals surface area contributed by atoms with Gasteiger partial charge in [-0.3, -0.25) is 0 Å². The molecule has 0 aromatic rings. The summed E-state index contributed by atoms with van der Waals surface area (Å²) in [5.74, 6) is 2.61. The molecular weight excluding hydrogens is 210 g/mol. The van der Waals surface area contributed by atoms with E-state index in [0.29, 0.717) is 6.04 Å². The molecule has 1 saturated carbocycles. The van der Waals surface area contributed by atoms with Gasteiger partial charge in [0.2, 0.25) is 0 Å². The molecule has 1 heterocycles. The van der Waals surface area contributed by atoms with Gasteiger partial charge in [-0.2, -0.15) is 0 Å². The summed E-state index contributed by atoms with van der Waals surface area (Å²) >= 11 is 0. The van der Waals surface area contributed by atoms with Crippen molar-refractivity contribution in [1.82, 2.24) is 5.32 Å². The Bertz CT molecular complexity index is 225. The van der Waals surface area contributed by atoms with Crippen LogP contribution in [0.25, 0.3) is 0 Å². The van der Waals surface area contributed by atoms with E-state index in [1.165, 1.54) is 32.1 Å². The van der Waals surface area contributed by atoms with E-state index in [1.54, 1.807) is 0 Å². The minimum Gasteiger partial charge on any atom is -0.381 e. The summed E-state index contributed by atoms with van der Waals surface area (Å²) in [5.41, 5.74) is 0. The zero-order valence-corrected chi connectivity index (χ0v) is 11.7. The maximum absolute atomic E-state index is 5.45. The van der Waals surface area contributed by atoms with Crippen molar-refractivity contribution in [2.45, 2.75) is 65.0 Å². The van der Waals surface area contributed by atoms with Gasteiger partial charge in [-0.1, -0.05) is 13.8 Å². The van der Waals surface area contributed by atoms with Gasteiger partial charge in [0.25, 0.3) is 0 Å². The summed E-state index contributed by atoms with van der Waals surface area (Å²) in [6, 6.07) is 1.42. The second-order valence-electron chi connectivity index (χ2n) is 6.41. The van der Waals surface area contributed by atoms with Crippen molar-refractivity contribution >= 4 is 0 Å². The van der Waals surface area contributed by atoms with E-state index in [9.17, 15) is 0 Å². The molecule has 1 aliphatic carbocycles. The highest BCUT2D eigenvalue weighted by molar-refractivity contribution is 4.85. The van der Waals surface area contributed by atoms with Crippen LogP contribution in [0, 0.1) is 17.8 Å². The van der Waals surface area contributed by atoms with Crippen LogP contribution in [0.4, 0.5) is 0 Å². The van der Waals surface area contributed by atoms with Crippen LogP contribution in [0.5, 0.6) is 0 Å². The molecule has 4 atom stereocenters. The molecule has 2 fully saturated rings.